The smallest absolute Gasteiger partial charge is 0.295 e. The van der Waals surface area contributed by atoms with Crippen LogP contribution < -0.4 is 5.32 Å². The molecule has 0 spiro atoms. The maximum absolute atomic E-state index is 10.2. The Morgan fingerprint density at radius 2 is 2.00 bits per heavy atom. The zero-order chi connectivity index (χ0) is 9.68. The Hall–Kier alpha value is -0.650. The van der Waals surface area contributed by atoms with Gasteiger partial charge in [0.25, 0.3) is 6.47 Å². The van der Waals surface area contributed by atoms with Crippen molar-refractivity contribution in [3.63, 3.8) is 0 Å². The van der Waals surface area contributed by atoms with E-state index in [1.54, 1.807) is 7.05 Å². The van der Waals surface area contributed by atoms with E-state index in [1.165, 1.54) is 0 Å². The molecule has 0 amide bonds. The van der Waals surface area contributed by atoms with Crippen LogP contribution in [0, 0.1) is 0 Å². The van der Waals surface area contributed by atoms with Gasteiger partial charge in [0.1, 0.15) is 0 Å². The molecule has 0 saturated carbocycles. The van der Waals surface area contributed by atoms with Gasteiger partial charge in [0.05, 0.1) is 0 Å². The highest BCUT2D eigenvalue weighted by molar-refractivity contribution is 5.37. The second kappa shape index (κ2) is 5.16. The van der Waals surface area contributed by atoms with Crippen molar-refractivity contribution >= 4 is 6.47 Å². The van der Waals surface area contributed by atoms with Crippen LogP contribution in [0.3, 0.4) is 0 Å². The molecule has 1 rings (SSSR count). The number of nitrogens with zero attached hydrogens (tertiary/aromatic N) is 2. The highest BCUT2D eigenvalue weighted by Crippen LogP contribution is 2.02. The van der Waals surface area contributed by atoms with E-state index in [4.69, 9.17) is 4.74 Å². The topological polar surface area (TPSA) is 44.8 Å². The predicted octanol–water partition coefficient (Wildman–Crippen LogP) is -1.09. The summed E-state index contributed by atoms with van der Waals surface area (Å²) < 4.78 is 4.88. The lowest BCUT2D eigenvalue weighted by Gasteiger charge is -2.36. The molecule has 0 aliphatic carbocycles. The molecule has 1 unspecified atom stereocenters. The molecule has 0 radical (unpaired) electrons. The number of piperazine rings is 1. The van der Waals surface area contributed by atoms with Crippen LogP contribution in [0.25, 0.3) is 0 Å². The number of carbonyl (C=O) groups excluding carboxylic acids is 1. The van der Waals surface area contributed by atoms with E-state index in [-0.39, 0.29) is 6.35 Å². The summed E-state index contributed by atoms with van der Waals surface area (Å²) in [6, 6.07) is 0. The minimum Gasteiger partial charge on any atom is -0.435 e. The summed E-state index contributed by atoms with van der Waals surface area (Å²) in [4.78, 5) is 14.5. The van der Waals surface area contributed by atoms with Crippen molar-refractivity contribution in [1.82, 2.24) is 15.1 Å². The fourth-order valence-electron chi connectivity index (χ4n) is 1.45. The first-order valence-electron chi connectivity index (χ1n) is 4.47. The lowest BCUT2D eigenvalue weighted by atomic mass is 10.3. The molecule has 0 bridgehead atoms. The first-order chi connectivity index (χ1) is 6.27. The maximum Gasteiger partial charge on any atom is 0.295 e. The molecule has 76 valence electrons. The lowest BCUT2D eigenvalue weighted by molar-refractivity contribution is -0.148. The average molecular weight is 187 g/mol. The van der Waals surface area contributed by atoms with E-state index in [2.05, 4.69) is 22.2 Å². The molecule has 1 fully saturated rings. The summed E-state index contributed by atoms with van der Waals surface area (Å²) in [6.45, 7) is 4.37. The van der Waals surface area contributed by atoms with Gasteiger partial charge in [-0.1, -0.05) is 0 Å². The summed E-state index contributed by atoms with van der Waals surface area (Å²) >= 11 is 0. The molecule has 1 atom stereocenters. The van der Waals surface area contributed by atoms with Gasteiger partial charge in [-0.05, 0) is 14.1 Å². The van der Waals surface area contributed by atoms with Gasteiger partial charge in [-0.15, -0.1) is 0 Å². The Morgan fingerprint density at radius 1 is 1.38 bits per heavy atom. The van der Waals surface area contributed by atoms with Crippen LogP contribution in [0.2, 0.25) is 0 Å². The number of nitrogens with one attached hydrogen (secondary N) is 1. The van der Waals surface area contributed by atoms with Crippen molar-refractivity contribution in [2.24, 2.45) is 0 Å². The summed E-state index contributed by atoms with van der Waals surface area (Å²) in [6.07, 6.45) is -0.272. The fourth-order valence-corrected chi connectivity index (χ4v) is 1.45. The molecule has 1 heterocycles. The Kier molecular flexibility index (Phi) is 4.14. The van der Waals surface area contributed by atoms with E-state index < -0.39 is 0 Å². The zero-order valence-corrected chi connectivity index (χ0v) is 8.19. The van der Waals surface area contributed by atoms with Gasteiger partial charge in [0.15, 0.2) is 0 Å². The van der Waals surface area contributed by atoms with Gasteiger partial charge >= 0.3 is 0 Å². The molecular formula is C8H17N3O2. The first-order valence-corrected chi connectivity index (χ1v) is 4.47. The highest BCUT2D eigenvalue weighted by Gasteiger charge is 2.21. The van der Waals surface area contributed by atoms with Gasteiger partial charge in [0.2, 0.25) is 6.35 Å². The molecule has 0 aromatic rings. The Balaban J connectivity index is 2.36. The molecule has 1 aliphatic heterocycles. The van der Waals surface area contributed by atoms with Gasteiger partial charge in [-0.25, -0.2) is 0 Å². The van der Waals surface area contributed by atoms with Crippen molar-refractivity contribution in [3.8, 4) is 0 Å². The van der Waals surface area contributed by atoms with Crippen molar-refractivity contribution in [3.05, 3.63) is 0 Å². The molecule has 5 nitrogen and oxygen atoms in total. The third-order valence-corrected chi connectivity index (χ3v) is 2.30. The average Bonchev–Trinajstić information content (AvgIpc) is 2.16. The van der Waals surface area contributed by atoms with E-state index in [0.29, 0.717) is 6.47 Å². The van der Waals surface area contributed by atoms with E-state index in [0.717, 1.165) is 26.2 Å². The van der Waals surface area contributed by atoms with E-state index >= 15 is 0 Å². The number of carbonyl (C=O) groups is 1. The molecule has 1 saturated heterocycles. The number of ether oxygens (including phenoxy) is 1. The van der Waals surface area contributed by atoms with Crippen molar-refractivity contribution in [1.29, 1.82) is 0 Å². The summed E-state index contributed by atoms with van der Waals surface area (Å²) in [5, 5.41) is 2.94. The van der Waals surface area contributed by atoms with Crippen LogP contribution in [0.1, 0.15) is 0 Å². The van der Waals surface area contributed by atoms with Crippen molar-refractivity contribution in [2.75, 3.05) is 40.3 Å². The summed E-state index contributed by atoms with van der Waals surface area (Å²) in [5.41, 5.74) is 0. The zero-order valence-electron chi connectivity index (χ0n) is 8.19. The lowest BCUT2D eigenvalue weighted by Crippen LogP contribution is -2.54. The fraction of sp³-hybridized carbons (Fsp3) is 0.875. The molecule has 0 aromatic carbocycles. The molecule has 1 aliphatic rings. The molecule has 1 N–H and O–H groups in total. The summed E-state index contributed by atoms with van der Waals surface area (Å²) in [7, 11) is 3.87. The minimum atomic E-state index is -0.272. The standard InChI is InChI=1S/C8H17N3O2/c1-9-8(13-7-12)11-5-3-10(2)4-6-11/h7-9H,3-6H2,1-2H3. The van der Waals surface area contributed by atoms with Crippen molar-refractivity contribution in [2.45, 2.75) is 6.35 Å². The van der Waals surface area contributed by atoms with Crippen LogP contribution in [-0.4, -0.2) is 62.9 Å². The van der Waals surface area contributed by atoms with Crippen molar-refractivity contribution < 1.29 is 9.53 Å². The predicted molar refractivity (Wildman–Crippen MR) is 49.1 cm³/mol. The first kappa shape index (κ1) is 10.4. The molecular weight excluding hydrogens is 170 g/mol. The third kappa shape index (κ3) is 2.95. The SMILES string of the molecule is CNC(OC=O)N1CCN(C)CC1. The Labute approximate surface area is 78.6 Å². The second-order valence-electron chi connectivity index (χ2n) is 3.21. The second-order valence-corrected chi connectivity index (χ2v) is 3.21. The van der Waals surface area contributed by atoms with Gasteiger partial charge in [-0.3, -0.25) is 15.0 Å². The van der Waals surface area contributed by atoms with E-state index in [9.17, 15) is 4.79 Å². The molecule has 0 aromatic heterocycles. The molecule has 13 heavy (non-hydrogen) atoms. The number of likely N-dealkylation sites (N-methyl/N-ethyl adjacent to an activating group) is 1. The Bertz CT molecular complexity index is 157. The normalized spacial score (nSPS) is 22.6. The largest absolute Gasteiger partial charge is 0.435 e. The van der Waals surface area contributed by atoms with Crippen LogP contribution in [0.15, 0.2) is 0 Å². The monoisotopic (exact) mass is 187 g/mol. The van der Waals surface area contributed by atoms with Gasteiger partial charge in [0, 0.05) is 26.2 Å². The van der Waals surface area contributed by atoms with Gasteiger partial charge in [-0.2, -0.15) is 0 Å². The van der Waals surface area contributed by atoms with Crippen LogP contribution >= 0.6 is 0 Å². The van der Waals surface area contributed by atoms with E-state index in [1.807, 2.05) is 0 Å². The number of rotatable bonds is 4. The number of hydrogen-bond acceptors (Lipinski definition) is 5. The number of hydrogen-bond donors (Lipinski definition) is 1. The maximum atomic E-state index is 10.2. The molecule has 5 heteroatoms. The minimum absolute atomic E-state index is 0.272. The quantitative estimate of drug-likeness (QED) is 0.447. The highest BCUT2D eigenvalue weighted by atomic mass is 16.6. The summed E-state index contributed by atoms with van der Waals surface area (Å²) in [5.74, 6) is 0. The van der Waals surface area contributed by atoms with Gasteiger partial charge < -0.3 is 9.64 Å². The van der Waals surface area contributed by atoms with Crippen LogP contribution in [0.5, 0.6) is 0 Å². The third-order valence-electron chi connectivity index (χ3n) is 2.30. The van der Waals surface area contributed by atoms with Crippen LogP contribution in [0.4, 0.5) is 0 Å². The van der Waals surface area contributed by atoms with Crippen LogP contribution in [-0.2, 0) is 9.53 Å². The Morgan fingerprint density at radius 3 is 2.46 bits per heavy atom.